The van der Waals surface area contributed by atoms with Gasteiger partial charge in [-0.05, 0) is 11.6 Å². The Hall–Kier alpha value is -1.04. The van der Waals surface area contributed by atoms with E-state index < -0.39 is 0 Å². The van der Waals surface area contributed by atoms with Crippen molar-refractivity contribution in [1.82, 2.24) is 4.90 Å². The Labute approximate surface area is 117 Å². The van der Waals surface area contributed by atoms with Crippen molar-refractivity contribution in [3.63, 3.8) is 0 Å². The number of hydrogen-bond acceptors (Lipinski definition) is 4. The predicted molar refractivity (Wildman–Crippen MR) is 75.4 cm³/mol. The number of methoxy groups -OCH3 is 1. The number of carbonyl (C=O) groups is 1. The Morgan fingerprint density at radius 2 is 2.26 bits per heavy atom. The van der Waals surface area contributed by atoms with Crippen molar-refractivity contribution in [2.24, 2.45) is 0 Å². The summed E-state index contributed by atoms with van der Waals surface area (Å²) in [7, 11) is 1.61. The van der Waals surface area contributed by atoms with Crippen LogP contribution in [0.4, 0.5) is 0 Å². The Morgan fingerprint density at radius 3 is 3.00 bits per heavy atom. The maximum atomic E-state index is 12.5. The molecule has 1 atom stereocenters. The molecule has 1 aliphatic rings. The topological polar surface area (TPSA) is 49.8 Å². The van der Waals surface area contributed by atoms with E-state index in [0.29, 0.717) is 19.7 Å². The van der Waals surface area contributed by atoms with Crippen molar-refractivity contribution in [3.05, 3.63) is 29.8 Å². The minimum atomic E-state index is -0.0930. The molecule has 0 aromatic heterocycles. The standard InChI is InChI=1S/C14H19NO3S/c1-18-9-7-15(6-8-16)14(17)12-10-19-13-5-3-2-4-11(12)13/h2-5,12,16H,6-10H2,1H3. The largest absolute Gasteiger partial charge is 0.395 e. The second-order valence-corrected chi connectivity index (χ2v) is 5.50. The van der Waals surface area contributed by atoms with Crippen LogP contribution in [0.15, 0.2) is 29.2 Å². The van der Waals surface area contributed by atoms with Gasteiger partial charge in [0.1, 0.15) is 0 Å². The molecule has 1 N–H and O–H groups in total. The lowest BCUT2D eigenvalue weighted by molar-refractivity contribution is -0.133. The van der Waals surface area contributed by atoms with Gasteiger partial charge in [-0.2, -0.15) is 0 Å². The maximum absolute atomic E-state index is 12.5. The highest BCUT2D eigenvalue weighted by atomic mass is 32.2. The van der Waals surface area contributed by atoms with E-state index >= 15 is 0 Å². The van der Waals surface area contributed by atoms with E-state index in [9.17, 15) is 4.79 Å². The van der Waals surface area contributed by atoms with Crippen LogP contribution >= 0.6 is 11.8 Å². The zero-order valence-corrected chi connectivity index (χ0v) is 11.9. The molecule has 1 heterocycles. The molecule has 0 fully saturated rings. The van der Waals surface area contributed by atoms with Crippen LogP contribution in [-0.2, 0) is 9.53 Å². The average molecular weight is 281 g/mol. The monoisotopic (exact) mass is 281 g/mol. The van der Waals surface area contributed by atoms with E-state index in [1.807, 2.05) is 18.2 Å². The van der Waals surface area contributed by atoms with Crippen LogP contribution in [-0.4, -0.2) is 55.1 Å². The molecule has 0 bridgehead atoms. The third-order valence-electron chi connectivity index (χ3n) is 3.24. The Morgan fingerprint density at radius 1 is 1.47 bits per heavy atom. The molecule has 0 spiro atoms. The van der Waals surface area contributed by atoms with E-state index in [1.54, 1.807) is 23.8 Å². The van der Waals surface area contributed by atoms with Gasteiger partial charge in [-0.25, -0.2) is 0 Å². The number of ether oxygens (including phenoxy) is 1. The summed E-state index contributed by atoms with van der Waals surface area (Å²) in [5.74, 6) is 0.778. The van der Waals surface area contributed by atoms with Crippen LogP contribution in [0.2, 0.25) is 0 Å². The van der Waals surface area contributed by atoms with Gasteiger partial charge in [-0.1, -0.05) is 18.2 Å². The first-order valence-electron chi connectivity index (χ1n) is 6.38. The van der Waals surface area contributed by atoms with Gasteiger partial charge in [0.15, 0.2) is 0 Å². The predicted octanol–water partition coefficient (Wildman–Crippen LogP) is 1.34. The van der Waals surface area contributed by atoms with Gasteiger partial charge in [0.25, 0.3) is 0 Å². The molecule has 1 amide bonds. The number of benzene rings is 1. The van der Waals surface area contributed by atoms with E-state index in [4.69, 9.17) is 9.84 Å². The minimum Gasteiger partial charge on any atom is -0.395 e. The van der Waals surface area contributed by atoms with Crippen molar-refractivity contribution in [3.8, 4) is 0 Å². The molecule has 19 heavy (non-hydrogen) atoms. The molecule has 1 aliphatic heterocycles. The van der Waals surface area contributed by atoms with E-state index in [2.05, 4.69) is 6.07 Å². The summed E-state index contributed by atoms with van der Waals surface area (Å²) in [5.41, 5.74) is 1.11. The number of thioether (sulfide) groups is 1. The first kappa shape index (κ1) is 14.4. The zero-order chi connectivity index (χ0) is 13.7. The van der Waals surface area contributed by atoms with Gasteiger partial charge < -0.3 is 14.7 Å². The zero-order valence-electron chi connectivity index (χ0n) is 11.0. The van der Waals surface area contributed by atoms with E-state index in [-0.39, 0.29) is 18.4 Å². The van der Waals surface area contributed by atoms with Crippen LogP contribution in [0, 0.1) is 0 Å². The molecule has 4 nitrogen and oxygen atoms in total. The number of fused-ring (bicyclic) bond motifs is 1. The van der Waals surface area contributed by atoms with Gasteiger partial charge in [0, 0.05) is 30.8 Å². The first-order chi connectivity index (χ1) is 9.27. The second-order valence-electron chi connectivity index (χ2n) is 4.44. The smallest absolute Gasteiger partial charge is 0.231 e. The van der Waals surface area contributed by atoms with E-state index in [1.165, 1.54) is 4.90 Å². The molecule has 0 aliphatic carbocycles. The molecule has 2 rings (SSSR count). The minimum absolute atomic E-state index is 0.0169. The van der Waals surface area contributed by atoms with Gasteiger partial charge in [-0.3, -0.25) is 4.79 Å². The summed E-state index contributed by atoms with van der Waals surface area (Å²) in [6.45, 7) is 1.37. The molecule has 1 aromatic carbocycles. The summed E-state index contributed by atoms with van der Waals surface area (Å²) < 4.78 is 5.02. The summed E-state index contributed by atoms with van der Waals surface area (Å²) in [5, 5.41) is 9.08. The number of amides is 1. The van der Waals surface area contributed by atoms with Crippen molar-refractivity contribution in [2.75, 3.05) is 39.2 Å². The summed E-state index contributed by atoms with van der Waals surface area (Å²) in [6, 6.07) is 8.04. The van der Waals surface area contributed by atoms with Gasteiger partial charge in [-0.15, -0.1) is 11.8 Å². The number of carbonyl (C=O) groups excluding carboxylic acids is 1. The fraction of sp³-hybridized carbons (Fsp3) is 0.500. The summed E-state index contributed by atoms with van der Waals surface area (Å²) in [4.78, 5) is 15.4. The first-order valence-corrected chi connectivity index (χ1v) is 7.36. The number of nitrogens with zero attached hydrogens (tertiary/aromatic N) is 1. The summed E-state index contributed by atoms with van der Waals surface area (Å²) >= 11 is 1.72. The van der Waals surface area contributed by atoms with Gasteiger partial charge >= 0.3 is 0 Å². The summed E-state index contributed by atoms with van der Waals surface area (Å²) in [6.07, 6.45) is 0. The highest BCUT2D eigenvalue weighted by Crippen LogP contribution is 2.40. The van der Waals surface area contributed by atoms with Crippen LogP contribution < -0.4 is 0 Å². The number of rotatable bonds is 6. The van der Waals surface area contributed by atoms with Crippen LogP contribution in [0.1, 0.15) is 11.5 Å². The van der Waals surface area contributed by atoms with Crippen molar-refractivity contribution in [1.29, 1.82) is 0 Å². The molecule has 0 saturated carbocycles. The number of aliphatic hydroxyl groups is 1. The van der Waals surface area contributed by atoms with Crippen molar-refractivity contribution >= 4 is 17.7 Å². The Balaban J connectivity index is 2.10. The Bertz CT molecular complexity index is 438. The quantitative estimate of drug-likeness (QED) is 0.855. The fourth-order valence-electron chi connectivity index (χ4n) is 2.24. The highest BCUT2D eigenvalue weighted by Gasteiger charge is 2.31. The normalized spacial score (nSPS) is 17.3. The fourth-order valence-corrected chi connectivity index (χ4v) is 3.46. The number of hydrogen-bond donors (Lipinski definition) is 1. The van der Waals surface area contributed by atoms with Crippen molar-refractivity contribution in [2.45, 2.75) is 10.8 Å². The van der Waals surface area contributed by atoms with Crippen molar-refractivity contribution < 1.29 is 14.6 Å². The van der Waals surface area contributed by atoms with Crippen LogP contribution in [0.3, 0.4) is 0 Å². The number of aliphatic hydroxyl groups excluding tert-OH is 1. The average Bonchev–Trinajstić information content (AvgIpc) is 2.86. The highest BCUT2D eigenvalue weighted by molar-refractivity contribution is 7.99. The van der Waals surface area contributed by atoms with Gasteiger partial charge in [0.2, 0.25) is 5.91 Å². The third-order valence-corrected chi connectivity index (χ3v) is 4.43. The molecule has 104 valence electrons. The maximum Gasteiger partial charge on any atom is 0.231 e. The lowest BCUT2D eigenvalue weighted by Gasteiger charge is -2.24. The molecule has 0 saturated heterocycles. The SMILES string of the molecule is COCCN(CCO)C(=O)C1CSc2ccccc21. The molecule has 1 aromatic rings. The van der Waals surface area contributed by atoms with E-state index in [0.717, 1.165) is 11.3 Å². The van der Waals surface area contributed by atoms with Crippen LogP contribution in [0.25, 0.3) is 0 Å². The Kier molecular flexibility index (Phi) is 5.24. The second kappa shape index (κ2) is 6.93. The molecular formula is C14H19NO3S. The molecule has 5 heteroatoms. The molecule has 0 radical (unpaired) electrons. The van der Waals surface area contributed by atoms with Gasteiger partial charge in [0.05, 0.1) is 19.1 Å². The third kappa shape index (κ3) is 3.29. The van der Waals surface area contributed by atoms with Crippen LogP contribution in [0.5, 0.6) is 0 Å². The molecular weight excluding hydrogens is 262 g/mol. The molecule has 1 unspecified atom stereocenters. The lowest BCUT2D eigenvalue weighted by atomic mass is 10.00. The lowest BCUT2D eigenvalue weighted by Crippen LogP contribution is -2.39.